The molecule has 1 saturated carbocycles. The van der Waals surface area contributed by atoms with Gasteiger partial charge in [-0.2, -0.15) is 0 Å². The zero-order valence-electron chi connectivity index (χ0n) is 22.6. The van der Waals surface area contributed by atoms with Crippen LogP contribution in [0.2, 0.25) is 17.6 Å². The van der Waals surface area contributed by atoms with Gasteiger partial charge in [-0.3, -0.25) is 0 Å². The van der Waals surface area contributed by atoms with Crippen LogP contribution in [0.3, 0.4) is 0 Å². The molecule has 0 radical (unpaired) electrons. The van der Waals surface area contributed by atoms with E-state index in [4.69, 9.17) is 0 Å². The standard InChI is InChI=1S/C31H47NSi/c1-29(2,3)32(30(4,5)6)33(18-12-9-13-19-33)28-17-16-22-20-27-25(21-24(22)28)23-14-10-11-15-26(23)31(27,7)8/h10-11,14-15,20-22,24,28H,9,12-13,16-19H2,1-8H3. The van der Waals surface area contributed by atoms with Crippen molar-refractivity contribution in [3.05, 3.63) is 53.1 Å². The minimum atomic E-state index is -1.67. The highest BCUT2D eigenvalue weighted by molar-refractivity contribution is 6.79. The lowest BCUT2D eigenvalue weighted by atomic mass is 9.76. The van der Waals surface area contributed by atoms with E-state index in [1.54, 1.807) is 11.1 Å². The molecule has 5 rings (SSSR count). The third-order valence-corrected chi connectivity index (χ3v) is 16.3. The largest absolute Gasteiger partial charge is 0.314 e. The fourth-order valence-corrected chi connectivity index (χ4v) is 17.1. The summed E-state index contributed by atoms with van der Waals surface area (Å²) in [7, 11) is -1.67. The molecule has 1 aromatic rings. The van der Waals surface area contributed by atoms with E-state index in [-0.39, 0.29) is 16.5 Å². The third kappa shape index (κ3) is 3.57. The number of hydrogen-bond acceptors (Lipinski definition) is 1. The van der Waals surface area contributed by atoms with Gasteiger partial charge in [0.15, 0.2) is 0 Å². The molecule has 1 aliphatic heterocycles. The summed E-state index contributed by atoms with van der Waals surface area (Å²) in [5, 5.41) is 0. The van der Waals surface area contributed by atoms with Crippen molar-refractivity contribution in [1.29, 1.82) is 0 Å². The molecule has 1 nitrogen and oxygen atoms in total. The van der Waals surface area contributed by atoms with Crippen LogP contribution in [0, 0.1) is 11.8 Å². The summed E-state index contributed by atoms with van der Waals surface area (Å²) in [4.78, 5) is 0. The van der Waals surface area contributed by atoms with Crippen LogP contribution in [-0.4, -0.2) is 23.9 Å². The van der Waals surface area contributed by atoms with Gasteiger partial charge in [-0.25, -0.2) is 0 Å². The third-order valence-electron chi connectivity index (χ3n) is 9.56. The van der Waals surface area contributed by atoms with E-state index in [0.717, 1.165) is 17.4 Å². The molecule has 3 atom stereocenters. The summed E-state index contributed by atoms with van der Waals surface area (Å²) < 4.78 is 3.13. The Kier molecular flexibility index (Phi) is 5.50. The molecule has 0 spiro atoms. The lowest BCUT2D eigenvalue weighted by molar-refractivity contribution is 0.117. The van der Waals surface area contributed by atoms with Gasteiger partial charge in [0.1, 0.15) is 8.24 Å². The molecule has 0 N–H and O–H groups in total. The van der Waals surface area contributed by atoms with Crippen LogP contribution in [0.1, 0.15) is 98.6 Å². The normalized spacial score (nSPS) is 30.4. The van der Waals surface area contributed by atoms with Crippen molar-refractivity contribution in [2.24, 2.45) is 11.8 Å². The quantitative estimate of drug-likeness (QED) is 0.398. The molecule has 0 amide bonds. The van der Waals surface area contributed by atoms with E-state index in [9.17, 15) is 0 Å². The van der Waals surface area contributed by atoms with Gasteiger partial charge >= 0.3 is 0 Å². The van der Waals surface area contributed by atoms with Crippen LogP contribution in [0.15, 0.2) is 42.0 Å². The van der Waals surface area contributed by atoms with E-state index >= 15 is 0 Å². The lowest BCUT2D eigenvalue weighted by Gasteiger charge is -2.61. The molecule has 1 aromatic carbocycles. The fourth-order valence-electron chi connectivity index (χ4n) is 9.16. The minimum Gasteiger partial charge on any atom is -0.314 e. The van der Waals surface area contributed by atoms with Gasteiger partial charge in [0.25, 0.3) is 0 Å². The maximum Gasteiger partial charge on any atom is 0.133 e. The Labute approximate surface area is 204 Å². The number of rotatable bonds is 2. The Balaban J connectivity index is 1.62. The monoisotopic (exact) mass is 461 g/mol. The summed E-state index contributed by atoms with van der Waals surface area (Å²) >= 11 is 0. The maximum absolute atomic E-state index is 3.13. The smallest absolute Gasteiger partial charge is 0.133 e. The lowest BCUT2D eigenvalue weighted by Crippen LogP contribution is -2.70. The van der Waals surface area contributed by atoms with Crippen LogP contribution in [-0.2, 0) is 5.41 Å². The minimum absolute atomic E-state index is 0.147. The van der Waals surface area contributed by atoms with E-state index in [1.807, 2.05) is 0 Å². The predicted octanol–water partition coefficient (Wildman–Crippen LogP) is 8.73. The molecule has 1 heterocycles. The predicted molar refractivity (Wildman–Crippen MR) is 146 cm³/mol. The average molecular weight is 462 g/mol. The Bertz CT molecular complexity index is 963. The molecule has 1 saturated heterocycles. The van der Waals surface area contributed by atoms with Crippen LogP contribution < -0.4 is 0 Å². The van der Waals surface area contributed by atoms with Gasteiger partial charge < -0.3 is 4.57 Å². The van der Waals surface area contributed by atoms with E-state index in [0.29, 0.717) is 0 Å². The number of nitrogens with zero attached hydrogens (tertiary/aromatic N) is 1. The zero-order chi connectivity index (χ0) is 23.8. The molecule has 3 unspecified atom stereocenters. The van der Waals surface area contributed by atoms with Gasteiger partial charge in [0.05, 0.1) is 0 Å². The maximum atomic E-state index is 3.13. The summed E-state index contributed by atoms with van der Waals surface area (Å²) in [6, 6.07) is 12.3. The highest BCUT2D eigenvalue weighted by Crippen LogP contribution is 2.61. The SMILES string of the molecule is CC1(C)C2=CC3CCC([Si]4(N(C(C)(C)C)C(C)(C)C)CCCCC4)C3C=C2c2ccccc21. The highest BCUT2D eigenvalue weighted by atomic mass is 28.3. The van der Waals surface area contributed by atoms with Crippen molar-refractivity contribution in [3.63, 3.8) is 0 Å². The summed E-state index contributed by atoms with van der Waals surface area (Å²) in [6.45, 7) is 19.9. The van der Waals surface area contributed by atoms with Crippen molar-refractivity contribution >= 4 is 13.8 Å². The number of benzene rings is 1. The number of allylic oxidation sites excluding steroid dienone is 4. The van der Waals surface area contributed by atoms with Crippen molar-refractivity contribution in [2.45, 2.75) is 122 Å². The summed E-state index contributed by atoms with van der Waals surface area (Å²) in [5.74, 6) is 1.48. The molecule has 4 aliphatic rings. The highest BCUT2D eigenvalue weighted by Gasteiger charge is 2.58. The topological polar surface area (TPSA) is 3.24 Å². The van der Waals surface area contributed by atoms with Gasteiger partial charge in [-0.05, 0) is 99.7 Å². The zero-order valence-corrected chi connectivity index (χ0v) is 23.6. The van der Waals surface area contributed by atoms with Gasteiger partial charge in [0, 0.05) is 16.5 Å². The second kappa shape index (κ2) is 7.69. The molecule has 2 heteroatoms. The fraction of sp³-hybridized carbons (Fsp3) is 0.677. The molecule has 0 aromatic heterocycles. The van der Waals surface area contributed by atoms with Gasteiger partial charge in [-0.15, -0.1) is 0 Å². The number of hydrogen-bond donors (Lipinski definition) is 0. The van der Waals surface area contributed by atoms with Crippen molar-refractivity contribution in [3.8, 4) is 0 Å². The van der Waals surface area contributed by atoms with Gasteiger partial charge in [-0.1, -0.05) is 75.9 Å². The second-order valence-corrected chi connectivity index (χ2v) is 18.5. The average Bonchev–Trinajstić information content (AvgIpc) is 3.23. The van der Waals surface area contributed by atoms with E-state index in [2.05, 4.69) is 96.4 Å². The summed E-state index contributed by atoms with van der Waals surface area (Å²) in [5.41, 5.74) is 7.75. The van der Waals surface area contributed by atoms with Crippen LogP contribution in [0.25, 0.3) is 5.57 Å². The molecular formula is C31H47NSi. The Morgan fingerprint density at radius 2 is 1.48 bits per heavy atom. The second-order valence-electron chi connectivity index (χ2n) is 14.1. The first-order valence-corrected chi connectivity index (χ1v) is 16.2. The molecule has 2 fully saturated rings. The van der Waals surface area contributed by atoms with Crippen molar-refractivity contribution < 1.29 is 0 Å². The first kappa shape index (κ1) is 23.6. The Hall–Kier alpha value is -1.12. The first-order chi connectivity index (χ1) is 15.4. The van der Waals surface area contributed by atoms with E-state index in [1.165, 1.54) is 55.3 Å². The van der Waals surface area contributed by atoms with E-state index < -0.39 is 8.24 Å². The Morgan fingerprint density at radius 1 is 0.848 bits per heavy atom. The molecule has 180 valence electrons. The molecule has 0 bridgehead atoms. The van der Waals surface area contributed by atoms with Crippen LogP contribution >= 0.6 is 0 Å². The van der Waals surface area contributed by atoms with Crippen LogP contribution in [0.5, 0.6) is 0 Å². The van der Waals surface area contributed by atoms with Crippen LogP contribution in [0.4, 0.5) is 0 Å². The number of fused-ring (bicyclic) bond motifs is 4. The molecule has 33 heavy (non-hydrogen) atoms. The van der Waals surface area contributed by atoms with Crippen molar-refractivity contribution in [1.82, 2.24) is 4.57 Å². The molecule has 3 aliphatic carbocycles. The summed E-state index contributed by atoms with van der Waals surface area (Å²) in [6.07, 6.45) is 12.8. The Morgan fingerprint density at radius 3 is 2.12 bits per heavy atom. The van der Waals surface area contributed by atoms with Crippen molar-refractivity contribution in [2.75, 3.05) is 0 Å². The van der Waals surface area contributed by atoms with Gasteiger partial charge in [0.2, 0.25) is 0 Å². The molecular weight excluding hydrogens is 414 g/mol. The first-order valence-electron chi connectivity index (χ1n) is 13.7.